The summed E-state index contributed by atoms with van der Waals surface area (Å²) >= 11 is 0. The molecule has 21 heavy (non-hydrogen) atoms. The van der Waals surface area contributed by atoms with Crippen LogP contribution in [0.25, 0.3) is 10.8 Å². The summed E-state index contributed by atoms with van der Waals surface area (Å²) in [4.78, 5) is 2.38. The van der Waals surface area contributed by atoms with Crippen LogP contribution in [0, 0.1) is 0 Å². The Kier molecular flexibility index (Phi) is 3.03. The van der Waals surface area contributed by atoms with Crippen molar-refractivity contribution in [2.24, 2.45) is 0 Å². The third kappa shape index (κ3) is 2.08. The number of nitrogens with zero attached hydrogens (tertiary/aromatic N) is 1. The number of rotatable bonds is 1. The first kappa shape index (κ1) is 13.3. The van der Waals surface area contributed by atoms with Gasteiger partial charge in [0, 0.05) is 12.1 Å². The van der Waals surface area contributed by atoms with E-state index >= 15 is 0 Å². The zero-order valence-corrected chi connectivity index (χ0v) is 12.3. The number of ether oxygens (including phenoxy) is 1. The van der Waals surface area contributed by atoms with E-state index in [1.165, 1.54) is 10.8 Å². The second-order valence-corrected chi connectivity index (χ2v) is 6.48. The van der Waals surface area contributed by atoms with E-state index in [1.54, 1.807) is 0 Å². The van der Waals surface area contributed by atoms with Gasteiger partial charge >= 0.3 is 0 Å². The first-order valence-electron chi connectivity index (χ1n) is 7.68. The lowest BCUT2D eigenvalue weighted by Gasteiger charge is -2.50. The van der Waals surface area contributed by atoms with Crippen LogP contribution in [0.5, 0.6) is 0 Å². The van der Waals surface area contributed by atoms with Crippen LogP contribution in [0.4, 0.5) is 0 Å². The Bertz CT molecular complexity index is 650. The Morgan fingerprint density at radius 1 is 1.05 bits per heavy atom. The highest BCUT2D eigenvalue weighted by Gasteiger charge is 2.45. The zero-order valence-electron chi connectivity index (χ0n) is 12.3. The first-order valence-corrected chi connectivity index (χ1v) is 7.68. The van der Waals surface area contributed by atoms with Crippen LogP contribution in [0.1, 0.15) is 18.4 Å². The Morgan fingerprint density at radius 3 is 2.48 bits per heavy atom. The van der Waals surface area contributed by atoms with Crippen molar-refractivity contribution in [2.45, 2.75) is 30.5 Å². The molecule has 1 N–H and O–H groups in total. The van der Waals surface area contributed by atoms with Crippen LogP contribution in [-0.2, 0) is 10.3 Å². The number of hydrogen-bond acceptors (Lipinski definition) is 3. The molecule has 2 aliphatic rings. The molecule has 0 amide bonds. The molecule has 2 unspecified atom stereocenters. The minimum atomic E-state index is -0.744. The average molecular weight is 283 g/mol. The largest absolute Gasteiger partial charge is 0.385 e. The molecule has 2 aliphatic heterocycles. The van der Waals surface area contributed by atoms with E-state index in [0.29, 0.717) is 12.1 Å². The predicted octanol–water partition coefficient (Wildman–Crippen LogP) is 2.52. The molecule has 3 heteroatoms. The second kappa shape index (κ2) is 4.80. The van der Waals surface area contributed by atoms with Gasteiger partial charge in [-0.15, -0.1) is 0 Å². The summed E-state index contributed by atoms with van der Waals surface area (Å²) in [5.41, 5.74) is 0.331. The van der Waals surface area contributed by atoms with E-state index in [0.717, 1.165) is 31.6 Å². The van der Waals surface area contributed by atoms with E-state index in [1.807, 2.05) is 12.1 Å². The maximum Gasteiger partial charge on any atom is 0.0934 e. The quantitative estimate of drug-likeness (QED) is 0.873. The van der Waals surface area contributed by atoms with Gasteiger partial charge in [-0.1, -0.05) is 42.5 Å². The number of hydrogen-bond donors (Lipinski definition) is 1. The van der Waals surface area contributed by atoms with Gasteiger partial charge in [0.1, 0.15) is 0 Å². The highest BCUT2D eigenvalue weighted by Crippen LogP contribution is 2.42. The van der Waals surface area contributed by atoms with Crippen LogP contribution in [0.15, 0.2) is 42.5 Å². The molecule has 0 spiro atoms. The molecule has 2 aromatic rings. The number of likely N-dealkylation sites (N-methyl/N-ethyl adjacent to an activating group) is 1. The number of fused-ring (bicyclic) bond motifs is 3. The van der Waals surface area contributed by atoms with Crippen LogP contribution >= 0.6 is 0 Å². The molecule has 2 aromatic carbocycles. The van der Waals surface area contributed by atoms with Crippen molar-refractivity contribution >= 4 is 10.8 Å². The monoisotopic (exact) mass is 283 g/mol. The summed E-state index contributed by atoms with van der Waals surface area (Å²) in [5, 5.41) is 13.8. The van der Waals surface area contributed by atoms with Gasteiger partial charge in [0.15, 0.2) is 0 Å². The van der Waals surface area contributed by atoms with Gasteiger partial charge < -0.3 is 9.84 Å². The number of aliphatic hydroxyl groups is 1. The number of benzene rings is 2. The van der Waals surface area contributed by atoms with Crippen LogP contribution in [0.2, 0.25) is 0 Å². The summed E-state index contributed by atoms with van der Waals surface area (Å²) < 4.78 is 5.67. The van der Waals surface area contributed by atoms with Crippen LogP contribution < -0.4 is 0 Å². The van der Waals surface area contributed by atoms with Crippen molar-refractivity contribution in [1.29, 1.82) is 0 Å². The fraction of sp³-hybridized carbons (Fsp3) is 0.444. The van der Waals surface area contributed by atoms with Gasteiger partial charge in [-0.05, 0) is 36.2 Å². The van der Waals surface area contributed by atoms with E-state index < -0.39 is 5.60 Å². The fourth-order valence-corrected chi connectivity index (χ4v) is 3.99. The molecular formula is C18H21NO2. The number of piperidine rings is 1. The Labute approximate surface area is 125 Å². The normalized spacial score (nSPS) is 33.2. The fourth-order valence-electron chi connectivity index (χ4n) is 3.99. The molecule has 3 nitrogen and oxygen atoms in total. The maximum atomic E-state index is 11.4. The predicted molar refractivity (Wildman–Crippen MR) is 83.2 cm³/mol. The smallest absolute Gasteiger partial charge is 0.0934 e. The van der Waals surface area contributed by atoms with Gasteiger partial charge in [-0.25, -0.2) is 0 Å². The zero-order chi connectivity index (χ0) is 14.4. The summed E-state index contributed by atoms with van der Waals surface area (Å²) in [5.74, 6) is 0. The topological polar surface area (TPSA) is 32.7 Å². The summed E-state index contributed by atoms with van der Waals surface area (Å²) in [6, 6.07) is 15.2. The Hall–Kier alpha value is -1.42. The van der Waals surface area contributed by atoms with Crippen molar-refractivity contribution < 1.29 is 9.84 Å². The standard InChI is InChI=1S/C18H21NO2/c1-19-14-9-18(20,10-15(19)12-21-11-14)17-8-4-6-13-5-2-3-7-16(13)17/h2-8,14-15,20H,9-12H2,1H3. The van der Waals surface area contributed by atoms with E-state index in [2.05, 4.69) is 42.3 Å². The molecule has 2 fully saturated rings. The van der Waals surface area contributed by atoms with Crippen molar-refractivity contribution in [1.82, 2.24) is 4.90 Å². The Balaban J connectivity index is 1.81. The molecule has 2 saturated heterocycles. The highest BCUT2D eigenvalue weighted by atomic mass is 16.5. The third-order valence-corrected chi connectivity index (χ3v) is 5.21. The lowest BCUT2D eigenvalue weighted by Crippen LogP contribution is -2.59. The van der Waals surface area contributed by atoms with Gasteiger partial charge in [0.2, 0.25) is 0 Å². The molecule has 2 atom stereocenters. The minimum Gasteiger partial charge on any atom is -0.385 e. The first-order chi connectivity index (χ1) is 10.2. The SMILES string of the molecule is CN1C2COCC1CC(O)(c1cccc3ccccc13)C2. The average Bonchev–Trinajstić information content (AvgIpc) is 2.48. The molecule has 2 bridgehead atoms. The van der Waals surface area contributed by atoms with Crippen molar-refractivity contribution in [2.75, 3.05) is 20.3 Å². The molecule has 0 radical (unpaired) electrons. The molecule has 110 valence electrons. The number of morpholine rings is 1. The molecule has 0 saturated carbocycles. The van der Waals surface area contributed by atoms with Gasteiger partial charge in [-0.3, -0.25) is 4.90 Å². The molecule has 0 aliphatic carbocycles. The maximum absolute atomic E-state index is 11.4. The van der Waals surface area contributed by atoms with Crippen molar-refractivity contribution in [3.63, 3.8) is 0 Å². The Morgan fingerprint density at radius 2 is 1.71 bits per heavy atom. The third-order valence-electron chi connectivity index (χ3n) is 5.21. The molecular weight excluding hydrogens is 262 g/mol. The molecule has 0 aromatic heterocycles. The van der Waals surface area contributed by atoms with E-state index in [-0.39, 0.29) is 0 Å². The molecule has 2 heterocycles. The van der Waals surface area contributed by atoms with Crippen LogP contribution in [-0.4, -0.2) is 42.4 Å². The molecule has 4 rings (SSSR count). The highest BCUT2D eigenvalue weighted by molar-refractivity contribution is 5.86. The second-order valence-electron chi connectivity index (χ2n) is 6.48. The van der Waals surface area contributed by atoms with Gasteiger partial charge in [-0.2, -0.15) is 0 Å². The summed E-state index contributed by atoms with van der Waals surface area (Å²) in [6.07, 6.45) is 1.49. The lowest BCUT2D eigenvalue weighted by molar-refractivity contribution is -0.137. The summed E-state index contributed by atoms with van der Waals surface area (Å²) in [6.45, 7) is 1.44. The van der Waals surface area contributed by atoms with E-state index in [9.17, 15) is 5.11 Å². The lowest BCUT2D eigenvalue weighted by atomic mass is 9.75. The minimum absolute atomic E-state index is 0.307. The van der Waals surface area contributed by atoms with Gasteiger partial charge in [0.25, 0.3) is 0 Å². The van der Waals surface area contributed by atoms with Crippen molar-refractivity contribution in [3.05, 3.63) is 48.0 Å². The van der Waals surface area contributed by atoms with E-state index in [4.69, 9.17) is 4.74 Å². The summed E-state index contributed by atoms with van der Waals surface area (Å²) in [7, 11) is 2.15. The van der Waals surface area contributed by atoms with Crippen LogP contribution in [0.3, 0.4) is 0 Å². The van der Waals surface area contributed by atoms with Crippen molar-refractivity contribution in [3.8, 4) is 0 Å². The van der Waals surface area contributed by atoms with Gasteiger partial charge in [0.05, 0.1) is 18.8 Å².